The number of amides is 3. The summed E-state index contributed by atoms with van der Waals surface area (Å²) in [6.45, 7) is 3.16. The molecule has 0 atom stereocenters. The summed E-state index contributed by atoms with van der Waals surface area (Å²) in [6, 6.07) is 6.74. The van der Waals surface area contributed by atoms with Crippen molar-refractivity contribution in [3.05, 3.63) is 48.5 Å². The zero-order valence-electron chi connectivity index (χ0n) is 19.3. The number of aromatic nitrogens is 2. The molecular weight excluding hydrogens is 446 g/mol. The predicted molar refractivity (Wildman–Crippen MR) is 123 cm³/mol. The van der Waals surface area contributed by atoms with Crippen molar-refractivity contribution in [2.24, 2.45) is 0 Å². The van der Waals surface area contributed by atoms with Crippen LogP contribution in [0.5, 0.6) is 0 Å². The Labute approximate surface area is 194 Å². The van der Waals surface area contributed by atoms with E-state index < -0.39 is 16.1 Å². The maximum absolute atomic E-state index is 12.9. The second-order valence-corrected chi connectivity index (χ2v) is 9.73. The largest absolute Gasteiger partial charge is 0.345 e. The molecule has 0 bridgehead atoms. The molecule has 3 rings (SSSR count). The number of unbranched alkanes of at least 4 members (excludes halogenated alkanes) is 1. The van der Waals surface area contributed by atoms with Crippen LogP contribution in [0.1, 0.15) is 43.0 Å². The summed E-state index contributed by atoms with van der Waals surface area (Å²) < 4.78 is 29.9. The number of nitrogens with zero attached hydrogens (tertiary/aromatic N) is 5. The van der Waals surface area contributed by atoms with Crippen LogP contribution in [0, 0.1) is 0 Å². The van der Waals surface area contributed by atoms with Gasteiger partial charge in [0.1, 0.15) is 0 Å². The molecule has 180 valence electrons. The number of rotatable bonds is 8. The summed E-state index contributed by atoms with van der Waals surface area (Å²) in [5.74, 6) is -0.0513. The summed E-state index contributed by atoms with van der Waals surface area (Å²) in [6.07, 6.45) is 8.77. The Morgan fingerprint density at radius 3 is 2.39 bits per heavy atom. The molecule has 1 aliphatic rings. The number of likely N-dealkylation sites (tertiary alicyclic amines) is 1. The summed E-state index contributed by atoms with van der Waals surface area (Å²) in [5, 5.41) is 0.915. The first-order chi connectivity index (χ1) is 15.7. The number of piperidine rings is 1. The van der Waals surface area contributed by atoms with E-state index in [1.165, 1.54) is 4.90 Å². The van der Waals surface area contributed by atoms with Crippen molar-refractivity contribution in [3.8, 4) is 5.69 Å². The van der Waals surface area contributed by atoms with E-state index in [1.807, 2.05) is 29.8 Å². The number of carbonyl (C=O) groups is 2. The van der Waals surface area contributed by atoms with Crippen molar-refractivity contribution in [3.63, 3.8) is 0 Å². The van der Waals surface area contributed by atoms with E-state index in [-0.39, 0.29) is 18.5 Å². The molecule has 33 heavy (non-hydrogen) atoms. The topological polar surface area (TPSA) is 105 Å². The molecule has 0 N–H and O–H groups in total. The first-order valence-electron chi connectivity index (χ1n) is 11.0. The van der Waals surface area contributed by atoms with E-state index in [4.69, 9.17) is 4.28 Å². The fraction of sp³-hybridized carbons (Fsp3) is 0.500. The molecule has 1 aliphatic heterocycles. The van der Waals surface area contributed by atoms with Crippen LogP contribution < -0.4 is 0 Å². The third-order valence-electron chi connectivity index (χ3n) is 5.67. The van der Waals surface area contributed by atoms with Crippen molar-refractivity contribution >= 4 is 22.1 Å². The molecule has 2 heterocycles. The fourth-order valence-electron chi connectivity index (χ4n) is 3.79. The minimum absolute atomic E-state index is 0.0513. The molecule has 1 saturated heterocycles. The molecule has 0 spiro atoms. The van der Waals surface area contributed by atoms with Gasteiger partial charge in [0, 0.05) is 49.8 Å². The molecule has 0 unspecified atom stereocenters. The van der Waals surface area contributed by atoms with E-state index >= 15 is 0 Å². The average molecular weight is 478 g/mol. The highest BCUT2D eigenvalue weighted by molar-refractivity contribution is 7.85. The molecule has 10 nitrogen and oxygen atoms in total. The first-order valence-corrected chi connectivity index (χ1v) is 12.8. The Morgan fingerprint density at radius 1 is 1.18 bits per heavy atom. The molecule has 0 saturated carbocycles. The van der Waals surface area contributed by atoms with Gasteiger partial charge in [0.25, 0.3) is 16.0 Å². The maximum atomic E-state index is 12.9. The van der Waals surface area contributed by atoms with Crippen molar-refractivity contribution in [2.45, 2.75) is 38.6 Å². The lowest BCUT2D eigenvalue weighted by Crippen LogP contribution is -2.51. The van der Waals surface area contributed by atoms with Crippen LogP contribution in [0.2, 0.25) is 0 Å². The van der Waals surface area contributed by atoms with Gasteiger partial charge in [0.2, 0.25) is 0 Å². The second-order valence-electron chi connectivity index (χ2n) is 8.17. The highest BCUT2D eigenvalue weighted by Crippen LogP contribution is 2.20. The Kier molecular flexibility index (Phi) is 8.09. The third kappa shape index (κ3) is 6.55. The van der Waals surface area contributed by atoms with Crippen molar-refractivity contribution in [1.29, 1.82) is 0 Å². The van der Waals surface area contributed by atoms with E-state index in [9.17, 15) is 18.0 Å². The standard InChI is InChI=1S/C22H31N5O5S/c1-4-5-13-27(32-33(3,30)31)22(29)24(2)19-10-14-25(15-11-19)21(28)18-6-8-20(9-7-18)26-16-12-23-17-26/h6-9,12,16-17,19H,4-5,10-11,13-15H2,1-3H3. The lowest BCUT2D eigenvalue weighted by molar-refractivity contribution is -0.0265. The van der Waals surface area contributed by atoms with Crippen molar-refractivity contribution in [1.82, 2.24) is 24.4 Å². The lowest BCUT2D eigenvalue weighted by atomic mass is 10.0. The van der Waals surface area contributed by atoms with Gasteiger partial charge in [-0.2, -0.15) is 13.5 Å². The van der Waals surface area contributed by atoms with Gasteiger partial charge in [-0.3, -0.25) is 4.79 Å². The summed E-state index contributed by atoms with van der Waals surface area (Å²) in [5.41, 5.74) is 1.53. The van der Waals surface area contributed by atoms with Crippen LogP contribution in [0.25, 0.3) is 5.69 Å². The van der Waals surface area contributed by atoms with Crippen molar-refractivity contribution in [2.75, 3.05) is 32.9 Å². The fourth-order valence-corrected chi connectivity index (χ4v) is 4.25. The van der Waals surface area contributed by atoms with Crippen LogP contribution in [-0.4, -0.2) is 83.7 Å². The molecule has 1 aromatic heterocycles. The van der Waals surface area contributed by atoms with Crippen molar-refractivity contribution < 1.29 is 22.3 Å². The minimum atomic E-state index is -3.81. The predicted octanol–water partition coefficient (Wildman–Crippen LogP) is 2.52. The molecule has 0 aliphatic carbocycles. The smallest absolute Gasteiger partial charge is 0.338 e. The van der Waals surface area contributed by atoms with Gasteiger partial charge in [0.15, 0.2) is 0 Å². The Bertz CT molecular complexity index is 1030. The molecule has 11 heteroatoms. The van der Waals surface area contributed by atoms with Crippen LogP contribution in [0.15, 0.2) is 43.0 Å². The number of benzene rings is 1. The SMILES string of the molecule is CCCCN(OS(C)(=O)=O)C(=O)N(C)C1CCN(C(=O)c2ccc(-n3ccnc3)cc2)CC1. The number of carbonyl (C=O) groups excluding carboxylic acids is 2. The van der Waals surface area contributed by atoms with E-state index in [0.717, 1.165) is 23.4 Å². The van der Waals surface area contributed by atoms with E-state index in [1.54, 1.807) is 36.6 Å². The van der Waals surface area contributed by atoms with E-state index in [2.05, 4.69) is 4.98 Å². The van der Waals surface area contributed by atoms with Gasteiger partial charge in [0.05, 0.1) is 19.1 Å². The number of imidazole rings is 1. The van der Waals surface area contributed by atoms with Crippen LogP contribution in [0.4, 0.5) is 4.79 Å². The summed E-state index contributed by atoms with van der Waals surface area (Å²) >= 11 is 0. The third-order valence-corrected chi connectivity index (χ3v) is 6.12. The molecule has 3 amide bonds. The van der Waals surface area contributed by atoms with Gasteiger partial charge in [-0.1, -0.05) is 13.3 Å². The summed E-state index contributed by atoms with van der Waals surface area (Å²) in [7, 11) is -2.17. The quantitative estimate of drug-likeness (QED) is 0.541. The Balaban J connectivity index is 1.57. The highest BCUT2D eigenvalue weighted by Gasteiger charge is 2.31. The van der Waals surface area contributed by atoms with Gasteiger partial charge in [-0.25, -0.2) is 9.78 Å². The zero-order chi connectivity index (χ0) is 24.0. The maximum Gasteiger partial charge on any atom is 0.345 e. The normalized spacial score (nSPS) is 14.8. The number of hydroxylamine groups is 2. The van der Waals surface area contributed by atoms with Gasteiger partial charge in [-0.15, -0.1) is 4.28 Å². The molecule has 1 fully saturated rings. The first kappa shape index (κ1) is 24.7. The van der Waals surface area contributed by atoms with Crippen LogP contribution in [-0.2, 0) is 14.4 Å². The average Bonchev–Trinajstić information content (AvgIpc) is 3.35. The second kappa shape index (κ2) is 10.8. The number of hydrogen-bond acceptors (Lipinski definition) is 6. The number of urea groups is 1. The minimum Gasteiger partial charge on any atom is -0.338 e. The van der Waals surface area contributed by atoms with Gasteiger partial charge < -0.3 is 14.4 Å². The number of hydrogen-bond donors (Lipinski definition) is 0. The van der Waals surface area contributed by atoms with Crippen LogP contribution in [0.3, 0.4) is 0 Å². The molecule has 0 radical (unpaired) electrons. The Hall–Kier alpha value is -2.92. The molecular formula is C22H31N5O5S. The monoisotopic (exact) mass is 477 g/mol. The Morgan fingerprint density at radius 2 is 1.85 bits per heavy atom. The van der Waals surface area contributed by atoms with Gasteiger partial charge >= 0.3 is 6.03 Å². The molecule has 1 aromatic carbocycles. The zero-order valence-corrected chi connectivity index (χ0v) is 20.1. The van der Waals surface area contributed by atoms with Gasteiger partial charge in [-0.05, 0) is 43.5 Å². The summed E-state index contributed by atoms with van der Waals surface area (Å²) in [4.78, 5) is 33.1. The lowest BCUT2D eigenvalue weighted by Gasteiger charge is -2.38. The molecule has 2 aromatic rings. The highest BCUT2D eigenvalue weighted by atomic mass is 32.2. The van der Waals surface area contributed by atoms with E-state index in [0.29, 0.717) is 37.9 Å². The van der Waals surface area contributed by atoms with Crippen LogP contribution >= 0.6 is 0 Å².